The lowest BCUT2D eigenvalue weighted by atomic mass is 10.1. The molecule has 2 N–H and O–H groups in total. The molecule has 0 fully saturated rings. The third-order valence-electron chi connectivity index (χ3n) is 2.68. The normalized spacial score (nSPS) is 11.6. The summed E-state index contributed by atoms with van der Waals surface area (Å²) in [6.07, 6.45) is 10.4. The monoisotopic (exact) mass is 267 g/mol. The SMILES string of the molecule is C=Cn1cc[n+](CCCC)c1.CC(C)[C@H](N)C(=O)[O-]. The molecule has 0 aliphatic heterocycles. The average molecular weight is 267 g/mol. The molecule has 5 heteroatoms. The highest BCUT2D eigenvalue weighted by atomic mass is 16.4. The number of rotatable bonds is 6. The van der Waals surface area contributed by atoms with Gasteiger partial charge in [-0.3, -0.25) is 0 Å². The third kappa shape index (κ3) is 7.41. The van der Waals surface area contributed by atoms with Gasteiger partial charge in [0.1, 0.15) is 12.4 Å². The van der Waals surface area contributed by atoms with E-state index in [1.807, 2.05) is 17.1 Å². The number of carbonyl (C=O) groups excluding carboxylic acids is 1. The van der Waals surface area contributed by atoms with Crippen molar-refractivity contribution in [2.75, 3.05) is 0 Å². The van der Waals surface area contributed by atoms with Gasteiger partial charge >= 0.3 is 0 Å². The van der Waals surface area contributed by atoms with E-state index in [4.69, 9.17) is 5.73 Å². The van der Waals surface area contributed by atoms with Crippen LogP contribution in [0.25, 0.3) is 6.20 Å². The summed E-state index contributed by atoms with van der Waals surface area (Å²) in [5.74, 6) is -1.22. The third-order valence-corrected chi connectivity index (χ3v) is 2.68. The number of aliphatic carboxylic acids is 1. The lowest BCUT2D eigenvalue weighted by molar-refractivity contribution is -0.696. The first-order valence-electron chi connectivity index (χ1n) is 6.57. The number of aromatic nitrogens is 2. The van der Waals surface area contributed by atoms with Crippen LogP contribution in [0.1, 0.15) is 33.6 Å². The Morgan fingerprint density at radius 3 is 2.53 bits per heavy atom. The van der Waals surface area contributed by atoms with Gasteiger partial charge in [-0.25, -0.2) is 9.13 Å². The minimum Gasteiger partial charge on any atom is -0.548 e. The molecule has 0 amide bonds. The molecule has 0 saturated heterocycles. The maximum atomic E-state index is 9.90. The lowest BCUT2D eigenvalue weighted by Gasteiger charge is -2.15. The molecule has 1 aromatic heterocycles. The molecule has 0 bridgehead atoms. The number of hydrogen-bond acceptors (Lipinski definition) is 3. The van der Waals surface area contributed by atoms with Crippen molar-refractivity contribution >= 4 is 12.2 Å². The van der Waals surface area contributed by atoms with Gasteiger partial charge in [0, 0.05) is 6.04 Å². The van der Waals surface area contributed by atoms with Crippen molar-refractivity contribution in [2.24, 2.45) is 11.7 Å². The van der Waals surface area contributed by atoms with E-state index in [2.05, 4.69) is 24.3 Å². The molecule has 0 unspecified atom stereocenters. The quantitative estimate of drug-likeness (QED) is 0.758. The van der Waals surface area contributed by atoms with Crippen molar-refractivity contribution in [1.82, 2.24) is 4.57 Å². The highest BCUT2D eigenvalue weighted by molar-refractivity contribution is 5.71. The van der Waals surface area contributed by atoms with Gasteiger partial charge in [0.15, 0.2) is 0 Å². The number of carbonyl (C=O) groups is 1. The molecule has 0 radical (unpaired) electrons. The van der Waals surface area contributed by atoms with Crippen LogP contribution in [0.15, 0.2) is 25.3 Å². The standard InChI is InChI=1S/C9H15N2.C5H11NO2/c1-3-5-6-11-8-7-10(4-2)9-11;1-3(2)4(6)5(7)8/h4,7-9H,2-3,5-6H2,1H3;3-4H,6H2,1-2H3,(H,7,8)/q+1;/p-1/t;4-/m.0/s1. The maximum Gasteiger partial charge on any atom is 0.248 e. The summed E-state index contributed by atoms with van der Waals surface area (Å²) in [4.78, 5) is 9.90. The minimum absolute atomic E-state index is 0.0417. The van der Waals surface area contributed by atoms with Gasteiger partial charge in [-0.2, -0.15) is 0 Å². The van der Waals surface area contributed by atoms with Gasteiger partial charge in [0.2, 0.25) is 6.33 Å². The second-order valence-corrected chi connectivity index (χ2v) is 4.72. The van der Waals surface area contributed by atoms with Gasteiger partial charge in [0.25, 0.3) is 0 Å². The number of carboxylic acids is 1. The Morgan fingerprint density at radius 1 is 1.58 bits per heavy atom. The Bertz CT molecular complexity index is 386. The predicted octanol–water partition coefficient (Wildman–Crippen LogP) is 0.396. The number of aryl methyl sites for hydroxylation is 1. The Morgan fingerprint density at radius 2 is 2.21 bits per heavy atom. The second kappa shape index (κ2) is 9.33. The number of nitrogens with zero attached hydrogens (tertiary/aromatic N) is 2. The van der Waals surface area contributed by atoms with E-state index in [1.165, 1.54) is 12.8 Å². The molecule has 0 spiro atoms. The highest BCUT2D eigenvalue weighted by Gasteiger charge is 2.06. The molecule has 1 aromatic rings. The molecular formula is C14H25N3O2. The number of hydrogen-bond donors (Lipinski definition) is 1. The summed E-state index contributed by atoms with van der Waals surface area (Å²) in [5.41, 5.74) is 5.10. The van der Waals surface area contributed by atoms with Gasteiger partial charge in [-0.15, -0.1) is 0 Å². The van der Waals surface area contributed by atoms with Crippen LogP contribution in [0.2, 0.25) is 0 Å². The van der Waals surface area contributed by atoms with Crippen molar-refractivity contribution in [3.05, 3.63) is 25.3 Å². The van der Waals surface area contributed by atoms with Crippen LogP contribution in [0.3, 0.4) is 0 Å². The number of imidazole rings is 1. The van der Waals surface area contributed by atoms with Crippen LogP contribution in [-0.4, -0.2) is 16.6 Å². The average Bonchev–Trinajstić information content (AvgIpc) is 2.83. The number of unbranched alkanes of at least 4 members (excludes halogenated alkanes) is 1. The summed E-state index contributed by atoms with van der Waals surface area (Å²) < 4.78 is 4.13. The van der Waals surface area contributed by atoms with Gasteiger partial charge < -0.3 is 15.6 Å². The summed E-state index contributed by atoms with van der Waals surface area (Å²) in [7, 11) is 0. The molecule has 0 aliphatic carbocycles. The predicted molar refractivity (Wildman–Crippen MR) is 73.7 cm³/mol. The topological polar surface area (TPSA) is 75.0 Å². The summed E-state index contributed by atoms with van der Waals surface area (Å²) in [5, 5.41) is 9.90. The van der Waals surface area contributed by atoms with Crippen molar-refractivity contribution in [2.45, 2.75) is 46.2 Å². The smallest absolute Gasteiger partial charge is 0.248 e. The maximum absolute atomic E-state index is 9.90. The molecular weight excluding hydrogens is 242 g/mol. The van der Waals surface area contributed by atoms with E-state index in [0.29, 0.717) is 0 Å². The van der Waals surface area contributed by atoms with Gasteiger partial charge in [-0.05, 0) is 12.3 Å². The van der Waals surface area contributed by atoms with Crippen LogP contribution in [0.5, 0.6) is 0 Å². The fourth-order valence-corrected chi connectivity index (χ4v) is 1.26. The number of nitrogens with two attached hydrogens (primary N) is 1. The van der Waals surface area contributed by atoms with Crippen LogP contribution in [0, 0.1) is 5.92 Å². The molecule has 19 heavy (non-hydrogen) atoms. The summed E-state index contributed by atoms with van der Waals surface area (Å²) in [6, 6.07) is -0.824. The van der Waals surface area contributed by atoms with Crippen LogP contribution >= 0.6 is 0 Å². The molecule has 1 heterocycles. The van der Waals surface area contributed by atoms with E-state index in [9.17, 15) is 9.90 Å². The molecule has 0 aliphatic rings. The zero-order valence-corrected chi connectivity index (χ0v) is 12.1. The fourth-order valence-electron chi connectivity index (χ4n) is 1.26. The molecule has 1 atom stereocenters. The molecule has 108 valence electrons. The van der Waals surface area contributed by atoms with E-state index in [1.54, 1.807) is 20.0 Å². The van der Waals surface area contributed by atoms with E-state index in [-0.39, 0.29) is 5.92 Å². The Labute approximate surface area is 115 Å². The van der Waals surface area contributed by atoms with Crippen LogP contribution < -0.4 is 15.4 Å². The first kappa shape index (κ1) is 17.4. The van der Waals surface area contributed by atoms with Crippen molar-refractivity contribution in [3.8, 4) is 0 Å². The lowest BCUT2D eigenvalue weighted by Crippen LogP contribution is -2.45. The van der Waals surface area contributed by atoms with Gasteiger partial charge in [-0.1, -0.05) is 33.8 Å². The van der Waals surface area contributed by atoms with E-state index in [0.717, 1.165) is 6.54 Å². The Hall–Kier alpha value is -1.62. The second-order valence-electron chi connectivity index (χ2n) is 4.72. The van der Waals surface area contributed by atoms with E-state index >= 15 is 0 Å². The highest BCUT2D eigenvalue weighted by Crippen LogP contribution is 1.94. The van der Waals surface area contributed by atoms with Gasteiger partial charge in [0.05, 0.1) is 18.7 Å². The zero-order chi connectivity index (χ0) is 14.8. The summed E-state index contributed by atoms with van der Waals surface area (Å²) >= 11 is 0. The zero-order valence-electron chi connectivity index (χ0n) is 12.1. The minimum atomic E-state index is -1.18. The largest absolute Gasteiger partial charge is 0.548 e. The Kier molecular flexibility index (Phi) is 8.53. The van der Waals surface area contributed by atoms with Crippen molar-refractivity contribution in [1.29, 1.82) is 0 Å². The van der Waals surface area contributed by atoms with E-state index < -0.39 is 12.0 Å². The molecule has 5 nitrogen and oxygen atoms in total. The first-order chi connectivity index (χ1) is 8.92. The first-order valence-corrected chi connectivity index (χ1v) is 6.57. The molecule has 0 aromatic carbocycles. The van der Waals surface area contributed by atoms with Crippen LogP contribution in [-0.2, 0) is 11.3 Å². The number of carboxylic acid groups (broad SMARTS) is 1. The Balaban J connectivity index is 0.000000362. The van der Waals surface area contributed by atoms with Crippen molar-refractivity contribution < 1.29 is 14.5 Å². The van der Waals surface area contributed by atoms with Crippen molar-refractivity contribution in [3.63, 3.8) is 0 Å². The molecule has 1 rings (SSSR count). The van der Waals surface area contributed by atoms with Crippen LogP contribution in [0.4, 0.5) is 0 Å². The molecule has 0 saturated carbocycles. The summed E-state index contributed by atoms with van der Waals surface area (Å²) in [6.45, 7) is 10.5. The fraction of sp³-hybridized carbons (Fsp3) is 0.571.